The summed E-state index contributed by atoms with van der Waals surface area (Å²) in [4.78, 5) is 14.5. The van der Waals surface area contributed by atoms with Gasteiger partial charge < -0.3 is 21.1 Å². The van der Waals surface area contributed by atoms with Gasteiger partial charge in [-0.25, -0.2) is 0 Å². The Labute approximate surface area is 151 Å². The fraction of sp³-hybridized carbons (Fsp3) is 0.278. The van der Waals surface area contributed by atoms with E-state index in [0.717, 1.165) is 23.4 Å². The number of hydrogen-bond donors (Lipinski definition) is 3. The molecule has 0 spiro atoms. The number of benzene rings is 2. The number of anilines is 1. The summed E-state index contributed by atoms with van der Waals surface area (Å²) < 4.78 is 5.63. The molecule has 1 aliphatic rings. The molecule has 0 radical (unpaired) electrons. The van der Waals surface area contributed by atoms with Gasteiger partial charge in [0, 0.05) is 36.3 Å². The van der Waals surface area contributed by atoms with Crippen LogP contribution in [0.5, 0.6) is 5.75 Å². The van der Waals surface area contributed by atoms with Gasteiger partial charge in [0.25, 0.3) is 5.69 Å². The summed E-state index contributed by atoms with van der Waals surface area (Å²) in [6.07, 6.45) is 0.828. The molecule has 0 saturated heterocycles. The average molecular weight is 355 g/mol. The van der Waals surface area contributed by atoms with Gasteiger partial charge in [0.2, 0.25) is 0 Å². The maximum absolute atomic E-state index is 10.6. The van der Waals surface area contributed by atoms with Gasteiger partial charge in [0.05, 0.1) is 24.1 Å². The van der Waals surface area contributed by atoms with Crippen molar-refractivity contribution in [2.24, 2.45) is 10.7 Å². The molecule has 8 nitrogen and oxygen atoms in total. The predicted octanol–water partition coefficient (Wildman–Crippen LogP) is 2.43. The molecule has 0 saturated carbocycles. The van der Waals surface area contributed by atoms with Gasteiger partial charge in [-0.1, -0.05) is 18.2 Å². The van der Waals surface area contributed by atoms with Crippen molar-refractivity contribution in [3.63, 3.8) is 0 Å². The van der Waals surface area contributed by atoms with Crippen LogP contribution < -0.4 is 21.1 Å². The van der Waals surface area contributed by atoms with E-state index in [4.69, 9.17) is 10.5 Å². The Morgan fingerprint density at radius 2 is 2.04 bits per heavy atom. The highest BCUT2D eigenvalue weighted by molar-refractivity contribution is 5.78. The second kappa shape index (κ2) is 8.19. The van der Waals surface area contributed by atoms with Crippen LogP contribution in [0, 0.1) is 10.1 Å². The maximum Gasteiger partial charge on any atom is 0.269 e. The Morgan fingerprint density at radius 1 is 1.27 bits per heavy atom. The van der Waals surface area contributed by atoms with E-state index in [-0.39, 0.29) is 11.7 Å². The quantitative estimate of drug-likeness (QED) is 0.241. The number of guanidine groups is 1. The lowest BCUT2D eigenvalue weighted by atomic mass is 10.0. The number of non-ortho nitro benzene ring substituents is 1. The normalized spacial score (nSPS) is 16.3. The number of nitrogens with one attached hydrogen (secondary N) is 2. The summed E-state index contributed by atoms with van der Waals surface area (Å²) in [7, 11) is 0. The summed E-state index contributed by atoms with van der Waals surface area (Å²) >= 11 is 0. The number of hydrogen-bond acceptors (Lipinski definition) is 5. The van der Waals surface area contributed by atoms with Crippen molar-refractivity contribution in [2.45, 2.75) is 12.5 Å². The lowest BCUT2D eigenvalue weighted by Crippen LogP contribution is -2.37. The molecule has 1 unspecified atom stereocenters. The second-order valence-corrected chi connectivity index (χ2v) is 5.87. The lowest BCUT2D eigenvalue weighted by molar-refractivity contribution is -0.384. The molecule has 1 aliphatic heterocycles. The second-order valence-electron chi connectivity index (χ2n) is 5.87. The summed E-state index contributed by atoms with van der Waals surface area (Å²) in [6, 6.07) is 14.2. The Hall–Kier alpha value is -3.29. The number of fused-ring (bicyclic) bond motifs is 1. The van der Waals surface area contributed by atoms with Crippen molar-refractivity contribution in [2.75, 3.05) is 25.0 Å². The standard InChI is InChI=1S/C18H21N5O3/c19-18(22-16-9-12-26-17-4-2-1-3-15(16)17)21-11-10-20-13-5-7-14(8-6-13)23(24)25/h1-8,16,20H,9-12H2,(H3,19,21,22). The average Bonchev–Trinajstić information content (AvgIpc) is 2.66. The third kappa shape index (κ3) is 4.41. The first-order valence-electron chi connectivity index (χ1n) is 8.40. The molecule has 0 aliphatic carbocycles. The van der Waals surface area contributed by atoms with Crippen LogP contribution in [0.3, 0.4) is 0 Å². The minimum absolute atomic E-state index is 0.0683. The minimum Gasteiger partial charge on any atom is -0.493 e. The molecule has 8 heteroatoms. The van der Waals surface area contributed by atoms with Crippen molar-refractivity contribution in [1.29, 1.82) is 0 Å². The molecule has 0 aromatic heterocycles. The molecule has 2 aromatic carbocycles. The van der Waals surface area contributed by atoms with Crippen LogP contribution in [0.25, 0.3) is 0 Å². The summed E-state index contributed by atoms with van der Waals surface area (Å²) in [5.41, 5.74) is 7.94. The third-order valence-electron chi connectivity index (χ3n) is 4.08. The van der Waals surface area contributed by atoms with Crippen molar-refractivity contribution in [3.8, 4) is 5.75 Å². The first-order chi connectivity index (χ1) is 12.6. The number of ether oxygens (including phenoxy) is 1. The maximum atomic E-state index is 10.6. The largest absolute Gasteiger partial charge is 0.493 e. The highest BCUT2D eigenvalue weighted by Crippen LogP contribution is 2.31. The Bertz CT molecular complexity index is 792. The monoisotopic (exact) mass is 355 g/mol. The van der Waals surface area contributed by atoms with Gasteiger partial charge in [-0.3, -0.25) is 15.1 Å². The van der Waals surface area contributed by atoms with Crippen molar-refractivity contribution < 1.29 is 9.66 Å². The highest BCUT2D eigenvalue weighted by atomic mass is 16.6. The van der Waals surface area contributed by atoms with Crippen LogP contribution in [0.2, 0.25) is 0 Å². The number of rotatable bonds is 6. The van der Waals surface area contributed by atoms with Crippen molar-refractivity contribution in [1.82, 2.24) is 5.32 Å². The number of aliphatic imine (C=N–C) groups is 1. The Kier molecular flexibility index (Phi) is 5.52. The zero-order valence-electron chi connectivity index (χ0n) is 14.2. The van der Waals surface area contributed by atoms with Gasteiger partial charge in [0.15, 0.2) is 5.96 Å². The topological polar surface area (TPSA) is 115 Å². The first kappa shape index (κ1) is 17.5. The number of nitrogens with two attached hydrogens (primary N) is 1. The van der Waals surface area contributed by atoms with E-state index in [1.165, 1.54) is 12.1 Å². The van der Waals surface area contributed by atoms with Crippen LogP contribution >= 0.6 is 0 Å². The molecule has 1 heterocycles. The minimum atomic E-state index is -0.422. The molecule has 26 heavy (non-hydrogen) atoms. The molecule has 1 atom stereocenters. The molecule has 3 rings (SSSR count). The van der Waals surface area contributed by atoms with E-state index in [0.29, 0.717) is 25.7 Å². The van der Waals surface area contributed by atoms with Crippen molar-refractivity contribution in [3.05, 3.63) is 64.2 Å². The van der Waals surface area contributed by atoms with E-state index < -0.39 is 4.92 Å². The molecule has 0 amide bonds. The number of nitro benzene ring substituents is 1. The summed E-state index contributed by atoms with van der Waals surface area (Å²) in [5, 5.41) is 17.0. The van der Waals surface area contributed by atoms with E-state index in [1.807, 2.05) is 24.3 Å². The van der Waals surface area contributed by atoms with Gasteiger partial charge in [0.1, 0.15) is 5.75 Å². The lowest BCUT2D eigenvalue weighted by Gasteiger charge is -2.26. The molecule has 0 bridgehead atoms. The molecule has 2 aromatic rings. The summed E-state index contributed by atoms with van der Waals surface area (Å²) in [6.45, 7) is 1.70. The van der Waals surface area contributed by atoms with E-state index in [9.17, 15) is 10.1 Å². The molecule has 136 valence electrons. The first-order valence-corrected chi connectivity index (χ1v) is 8.40. The summed E-state index contributed by atoms with van der Waals surface area (Å²) in [5.74, 6) is 1.26. The smallest absolute Gasteiger partial charge is 0.269 e. The Morgan fingerprint density at radius 3 is 2.81 bits per heavy atom. The van der Waals surface area contributed by atoms with Gasteiger partial charge in [-0.2, -0.15) is 0 Å². The van der Waals surface area contributed by atoms with Crippen LogP contribution in [-0.4, -0.2) is 30.6 Å². The molecule has 0 fully saturated rings. The fourth-order valence-corrected chi connectivity index (χ4v) is 2.79. The van der Waals surface area contributed by atoms with Gasteiger partial charge >= 0.3 is 0 Å². The number of nitro groups is 1. The third-order valence-corrected chi connectivity index (χ3v) is 4.08. The van der Waals surface area contributed by atoms with Crippen LogP contribution in [0.4, 0.5) is 11.4 Å². The molecule has 4 N–H and O–H groups in total. The SMILES string of the molecule is NC(=NCCNc1ccc([N+](=O)[O-])cc1)NC1CCOc2ccccc21. The van der Waals surface area contributed by atoms with Crippen molar-refractivity contribution >= 4 is 17.3 Å². The zero-order chi connectivity index (χ0) is 18.4. The highest BCUT2D eigenvalue weighted by Gasteiger charge is 2.21. The number of para-hydroxylation sites is 1. The molecular weight excluding hydrogens is 334 g/mol. The Balaban J connectivity index is 1.48. The number of nitrogens with zero attached hydrogens (tertiary/aromatic N) is 2. The van der Waals surface area contributed by atoms with Gasteiger partial charge in [-0.05, 0) is 18.2 Å². The predicted molar refractivity (Wildman–Crippen MR) is 101 cm³/mol. The van der Waals surface area contributed by atoms with Crippen LogP contribution in [0.1, 0.15) is 18.0 Å². The van der Waals surface area contributed by atoms with Crippen LogP contribution in [-0.2, 0) is 0 Å². The zero-order valence-corrected chi connectivity index (χ0v) is 14.2. The van der Waals surface area contributed by atoms with E-state index >= 15 is 0 Å². The van der Waals surface area contributed by atoms with E-state index in [1.54, 1.807) is 12.1 Å². The fourth-order valence-electron chi connectivity index (χ4n) is 2.79. The molecular formula is C18H21N5O3. The van der Waals surface area contributed by atoms with Crippen LogP contribution in [0.15, 0.2) is 53.5 Å². The van der Waals surface area contributed by atoms with Gasteiger partial charge in [-0.15, -0.1) is 0 Å². The van der Waals surface area contributed by atoms with E-state index in [2.05, 4.69) is 15.6 Å².